The number of rotatable bonds is 5. The van der Waals surface area contributed by atoms with Gasteiger partial charge in [0, 0.05) is 17.3 Å². The van der Waals surface area contributed by atoms with Crippen LogP contribution < -0.4 is 0 Å². The van der Waals surface area contributed by atoms with Crippen LogP contribution in [0.25, 0.3) is 5.70 Å². The van der Waals surface area contributed by atoms with Crippen molar-refractivity contribution in [3.8, 4) is 0 Å². The van der Waals surface area contributed by atoms with Crippen LogP contribution in [-0.2, 0) is 6.42 Å². The predicted octanol–water partition coefficient (Wildman–Crippen LogP) is 4.53. The molecule has 0 spiro atoms. The number of aryl methyl sites for hydroxylation is 1. The molecule has 1 saturated heterocycles. The number of piperidine rings is 1. The van der Waals surface area contributed by atoms with Crippen LogP contribution in [-0.4, -0.2) is 47.5 Å². The van der Waals surface area contributed by atoms with Crippen molar-refractivity contribution in [2.24, 2.45) is 21.2 Å². The fourth-order valence-corrected chi connectivity index (χ4v) is 4.61. The van der Waals surface area contributed by atoms with Crippen LogP contribution in [0.15, 0.2) is 63.6 Å². The van der Waals surface area contributed by atoms with Gasteiger partial charge in [-0.2, -0.15) is 4.99 Å². The average Bonchev–Trinajstić information content (AvgIpc) is 3.33. The number of likely N-dealkylation sites (tertiary alicyclic amines) is 1. The molecule has 3 aliphatic rings. The monoisotopic (exact) mass is 375 g/mol. The summed E-state index contributed by atoms with van der Waals surface area (Å²) in [5.41, 5.74) is 4.96. The first-order valence-corrected chi connectivity index (χ1v) is 10.3. The molecule has 0 radical (unpaired) electrons. The van der Waals surface area contributed by atoms with Gasteiger partial charge in [-0.05, 0) is 56.9 Å². The quantitative estimate of drug-likeness (QED) is 0.767. The Morgan fingerprint density at radius 1 is 1.14 bits per heavy atom. The molecule has 0 saturated carbocycles. The van der Waals surface area contributed by atoms with Crippen molar-refractivity contribution in [2.75, 3.05) is 26.7 Å². The lowest BCUT2D eigenvalue weighted by Crippen LogP contribution is -2.37. The standard InChI is InChI=1S/C22H27N6/c1-28-16-24-22-19(9-12-23-22)21(28)20(25-26-28)18-10-14-27(15-11-18)13-5-8-17-6-3-2-4-7-17/h2-4,6-7,9,12,16,18,23H,5,8,10-11,13-15H2,1H3/q+1. The molecule has 0 bridgehead atoms. The number of aromatic amines is 1. The van der Waals surface area contributed by atoms with Crippen LogP contribution in [0.3, 0.4) is 0 Å². The second-order valence-corrected chi connectivity index (χ2v) is 8.14. The summed E-state index contributed by atoms with van der Waals surface area (Å²) in [6.07, 6.45) is 8.52. The van der Waals surface area contributed by atoms with Gasteiger partial charge in [0.25, 0.3) is 0 Å². The molecule has 4 heterocycles. The van der Waals surface area contributed by atoms with Gasteiger partial charge < -0.3 is 9.88 Å². The van der Waals surface area contributed by atoms with Crippen molar-refractivity contribution in [1.29, 1.82) is 0 Å². The predicted molar refractivity (Wildman–Crippen MR) is 111 cm³/mol. The lowest BCUT2D eigenvalue weighted by Gasteiger charge is -2.32. The van der Waals surface area contributed by atoms with Crippen LogP contribution in [0.1, 0.15) is 30.4 Å². The van der Waals surface area contributed by atoms with Crippen molar-refractivity contribution in [1.82, 2.24) is 9.88 Å². The zero-order valence-corrected chi connectivity index (χ0v) is 16.4. The minimum Gasteiger partial charge on any atom is -0.346 e. The molecule has 1 unspecified atom stereocenters. The lowest BCUT2D eigenvalue weighted by atomic mass is 9.90. The maximum atomic E-state index is 4.63. The Morgan fingerprint density at radius 3 is 2.79 bits per heavy atom. The highest BCUT2D eigenvalue weighted by Crippen LogP contribution is 2.45. The van der Waals surface area contributed by atoms with Gasteiger partial charge >= 0.3 is 0 Å². The van der Waals surface area contributed by atoms with Gasteiger partial charge in [0.2, 0.25) is 12.0 Å². The van der Waals surface area contributed by atoms with Gasteiger partial charge in [0.1, 0.15) is 18.6 Å². The maximum Gasteiger partial charge on any atom is 0.225 e. The van der Waals surface area contributed by atoms with E-state index in [9.17, 15) is 0 Å². The largest absolute Gasteiger partial charge is 0.346 e. The van der Waals surface area contributed by atoms with Gasteiger partial charge in [-0.15, -0.1) is 4.59 Å². The molecular weight excluding hydrogens is 348 g/mol. The minimum atomic E-state index is 0.345. The van der Waals surface area contributed by atoms with Crippen LogP contribution in [0, 0.1) is 5.92 Å². The number of hydrogen-bond acceptors (Lipinski definition) is 4. The van der Waals surface area contributed by atoms with Crippen molar-refractivity contribution < 1.29 is 4.59 Å². The van der Waals surface area contributed by atoms with Crippen molar-refractivity contribution in [3.05, 3.63) is 59.4 Å². The van der Waals surface area contributed by atoms with Gasteiger partial charge in [0.05, 0.1) is 5.56 Å². The molecule has 0 aliphatic carbocycles. The highest BCUT2D eigenvalue weighted by Gasteiger charge is 2.44. The van der Waals surface area contributed by atoms with E-state index >= 15 is 0 Å². The number of benzene rings is 1. The van der Waals surface area contributed by atoms with Gasteiger partial charge in [0.15, 0.2) is 0 Å². The number of aromatic nitrogens is 1. The summed E-state index contributed by atoms with van der Waals surface area (Å²) in [5.74, 6) is 1.41. The van der Waals surface area contributed by atoms with E-state index in [1.54, 1.807) is 0 Å². The summed E-state index contributed by atoms with van der Waals surface area (Å²) >= 11 is 0. The SMILES string of the molecule is C[N+]12C=Nc3[nH]ccc3C1=C(C1CCN(CCCc3ccccc3)CC1)N=N2. The fraction of sp³-hybridized carbons (Fsp3) is 0.409. The van der Waals surface area contributed by atoms with E-state index in [2.05, 4.69) is 68.7 Å². The van der Waals surface area contributed by atoms with Crippen molar-refractivity contribution in [2.45, 2.75) is 25.7 Å². The number of fused-ring (bicyclic) bond motifs is 3. The maximum absolute atomic E-state index is 4.63. The molecule has 2 aromatic rings. The van der Waals surface area contributed by atoms with E-state index < -0.39 is 0 Å². The van der Waals surface area contributed by atoms with Crippen LogP contribution in [0.4, 0.5) is 5.82 Å². The molecular formula is C22H27N6+. The summed E-state index contributed by atoms with van der Waals surface area (Å²) in [7, 11) is 2.06. The third kappa shape index (κ3) is 3.12. The summed E-state index contributed by atoms with van der Waals surface area (Å²) in [4.78, 5) is 10.3. The number of quaternary nitrogens is 1. The van der Waals surface area contributed by atoms with E-state index in [-0.39, 0.29) is 0 Å². The summed E-state index contributed by atoms with van der Waals surface area (Å²) in [5, 5.41) is 9.17. The Hall–Kier alpha value is -2.57. The van der Waals surface area contributed by atoms with Gasteiger partial charge in [-0.1, -0.05) is 35.4 Å². The molecule has 6 heteroatoms. The van der Waals surface area contributed by atoms with Crippen LogP contribution in [0.5, 0.6) is 0 Å². The van der Waals surface area contributed by atoms with Crippen molar-refractivity contribution >= 4 is 17.9 Å². The normalized spacial score (nSPS) is 24.6. The van der Waals surface area contributed by atoms with Crippen molar-refractivity contribution in [3.63, 3.8) is 0 Å². The van der Waals surface area contributed by atoms with E-state index in [0.717, 1.165) is 43.7 Å². The Balaban J connectivity index is 1.23. The minimum absolute atomic E-state index is 0.345. The molecule has 28 heavy (non-hydrogen) atoms. The smallest absolute Gasteiger partial charge is 0.225 e. The molecule has 144 valence electrons. The summed E-state index contributed by atoms with van der Waals surface area (Å²) < 4.78 is 0.345. The molecule has 1 fully saturated rings. The Morgan fingerprint density at radius 2 is 1.96 bits per heavy atom. The Kier molecular flexibility index (Phi) is 4.45. The van der Waals surface area contributed by atoms with E-state index in [4.69, 9.17) is 0 Å². The molecule has 3 aliphatic heterocycles. The zero-order valence-electron chi connectivity index (χ0n) is 16.4. The average molecular weight is 376 g/mol. The van der Waals surface area contributed by atoms with Crippen LogP contribution >= 0.6 is 0 Å². The molecule has 6 nitrogen and oxygen atoms in total. The first kappa shape index (κ1) is 17.5. The number of H-pyrrole nitrogens is 1. The molecule has 1 aromatic carbocycles. The summed E-state index contributed by atoms with van der Waals surface area (Å²) in [6, 6.07) is 12.9. The second kappa shape index (κ2) is 7.11. The first-order chi connectivity index (χ1) is 13.7. The highest BCUT2D eigenvalue weighted by molar-refractivity contribution is 5.80. The number of allylic oxidation sites excluding steroid dienone is 1. The number of nitrogens with zero attached hydrogens (tertiary/aromatic N) is 5. The third-order valence-corrected chi connectivity index (χ3v) is 6.18. The zero-order chi connectivity index (χ0) is 19.0. The van der Waals surface area contributed by atoms with Crippen LogP contribution in [0.2, 0.25) is 0 Å². The topological polar surface area (TPSA) is 56.1 Å². The Labute approximate surface area is 165 Å². The van der Waals surface area contributed by atoms with E-state index in [0.29, 0.717) is 10.5 Å². The number of hydrogen-bond donors (Lipinski definition) is 1. The van der Waals surface area contributed by atoms with E-state index in [1.807, 2.05) is 12.5 Å². The highest BCUT2D eigenvalue weighted by atomic mass is 15.7. The number of nitrogens with one attached hydrogen (secondary N) is 1. The van der Waals surface area contributed by atoms with Gasteiger partial charge in [-0.3, -0.25) is 0 Å². The van der Waals surface area contributed by atoms with E-state index in [1.165, 1.54) is 29.9 Å². The fourth-order valence-electron chi connectivity index (χ4n) is 4.61. The first-order valence-electron chi connectivity index (χ1n) is 10.3. The Bertz CT molecular complexity index is 933. The molecule has 1 atom stereocenters. The molecule has 1 aromatic heterocycles. The number of aliphatic imine (C=N–C) groups is 1. The molecule has 0 amide bonds. The second-order valence-electron chi connectivity index (χ2n) is 8.14. The lowest BCUT2D eigenvalue weighted by molar-refractivity contribution is -0.746. The molecule has 5 rings (SSSR count). The van der Waals surface area contributed by atoms with Gasteiger partial charge in [-0.25, -0.2) is 0 Å². The third-order valence-electron chi connectivity index (χ3n) is 6.18. The summed E-state index contributed by atoms with van der Waals surface area (Å²) in [6.45, 7) is 3.46. The molecule has 1 N–H and O–H groups in total.